The normalized spacial score (nSPS) is 12.8. The molecule has 13 heavy (non-hydrogen) atoms. The van der Waals surface area contributed by atoms with Gasteiger partial charge in [-0.25, -0.2) is 13.1 Å². The summed E-state index contributed by atoms with van der Waals surface area (Å²) in [5.74, 6) is -2.22. The molecule has 0 spiro atoms. The van der Waals surface area contributed by atoms with Crippen LogP contribution in [0, 0.1) is 5.41 Å². The van der Waals surface area contributed by atoms with Gasteiger partial charge in [0.15, 0.2) is 5.75 Å². The van der Waals surface area contributed by atoms with E-state index in [0.29, 0.717) is 0 Å². The Kier molecular flexibility index (Phi) is 3.87. The smallest absolute Gasteiger partial charge is 0.320 e. The summed E-state index contributed by atoms with van der Waals surface area (Å²) >= 11 is 0. The minimum Gasteiger partial charge on any atom is -0.480 e. The quantitative estimate of drug-likeness (QED) is 0.684. The van der Waals surface area contributed by atoms with Crippen molar-refractivity contribution < 1.29 is 18.3 Å². The summed E-state index contributed by atoms with van der Waals surface area (Å²) < 4.78 is 24.2. The highest BCUT2D eigenvalue weighted by Crippen LogP contribution is 2.10. The van der Waals surface area contributed by atoms with E-state index in [-0.39, 0.29) is 12.0 Å². The van der Waals surface area contributed by atoms with Gasteiger partial charge in [0.25, 0.3) is 0 Å². The predicted octanol–water partition coefficient (Wildman–Crippen LogP) is 0.0365. The molecule has 6 heteroatoms. The van der Waals surface area contributed by atoms with Gasteiger partial charge in [-0.3, -0.25) is 4.79 Å². The van der Waals surface area contributed by atoms with Crippen molar-refractivity contribution in [2.45, 2.75) is 20.8 Å². The lowest BCUT2D eigenvalue weighted by molar-refractivity contribution is -0.134. The lowest BCUT2D eigenvalue weighted by Crippen LogP contribution is -2.35. The molecule has 78 valence electrons. The average molecular weight is 209 g/mol. The number of carbonyl (C=O) groups is 1. The number of hydrogen-bond donors (Lipinski definition) is 2. The molecule has 0 amide bonds. The summed E-state index contributed by atoms with van der Waals surface area (Å²) in [5, 5.41) is 8.26. The van der Waals surface area contributed by atoms with Gasteiger partial charge >= 0.3 is 5.97 Å². The van der Waals surface area contributed by atoms with Crippen LogP contribution in [0.5, 0.6) is 0 Å². The van der Waals surface area contributed by atoms with Gasteiger partial charge in [0, 0.05) is 6.54 Å². The van der Waals surface area contributed by atoms with Crippen molar-refractivity contribution in [3.8, 4) is 0 Å². The first-order chi connectivity index (χ1) is 5.62. The number of nitrogens with one attached hydrogen (secondary N) is 1. The van der Waals surface area contributed by atoms with Crippen molar-refractivity contribution in [3.63, 3.8) is 0 Å². The molecule has 5 nitrogen and oxygen atoms in total. The maximum absolute atomic E-state index is 11.0. The van der Waals surface area contributed by atoms with Crippen molar-refractivity contribution in [1.82, 2.24) is 4.72 Å². The number of carboxylic acids is 1. The molecule has 0 aliphatic carbocycles. The maximum atomic E-state index is 11.0. The molecule has 0 bridgehead atoms. The summed E-state index contributed by atoms with van der Waals surface area (Å²) in [6.07, 6.45) is 0. The molecule has 0 radical (unpaired) electrons. The van der Waals surface area contributed by atoms with Crippen molar-refractivity contribution in [1.29, 1.82) is 0 Å². The maximum Gasteiger partial charge on any atom is 0.320 e. The van der Waals surface area contributed by atoms with Crippen LogP contribution in [-0.4, -0.2) is 31.8 Å². The van der Waals surface area contributed by atoms with E-state index in [1.807, 2.05) is 20.8 Å². The Labute approximate surface area is 78.2 Å². The number of carboxylic acid groups (broad SMARTS) is 1. The van der Waals surface area contributed by atoms with Gasteiger partial charge in [-0.2, -0.15) is 0 Å². The first kappa shape index (κ1) is 12.4. The Morgan fingerprint density at radius 1 is 1.38 bits per heavy atom. The van der Waals surface area contributed by atoms with Gasteiger partial charge in [0.05, 0.1) is 0 Å². The minimum atomic E-state index is -3.66. The largest absolute Gasteiger partial charge is 0.480 e. The van der Waals surface area contributed by atoms with Crippen molar-refractivity contribution >= 4 is 16.0 Å². The average Bonchev–Trinajstić information content (AvgIpc) is 1.79. The van der Waals surface area contributed by atoms with Gasteiger partial charge in [-0.05, 0) is 5.41 Å². The third kappa shape index (κ3) is 7.73. The Hall–Kier alpha value is -0.620. The van der Waals surface area contributed by atoms with Gasteiger partial charge < -0.3 is 5.11 Å². The highest BCUT2D eigenvalue weighted by atomic mass is 32.2. The topological polar surface area (TPSA) is 83.5 Å². The molecule has 0 unspecified atom stereocenters. The Morgan fingerprint density at radius 3 is 2.15 bits per heavy atom. The standard InChI is InChI=1S/C7H15NO4S/c1-7(2,3)5-8-13(11,12)4-6(9)10/h8H,4-5H2,1-3H3,(H,9,10). The molecule has 0 saturated carbocycles. The van der Waals surface area contributed by atoms with Gasteiger partial charge in [-0.1, -0.05) is 20.8 Å². The van der Waals surface area contributed by atoms with Gasteiger partial charge in [-0.15, -0.1) is 0 Å². The third-order valence-corrected chi connectivity index (χ3v) is 2.35. The summed E-state index contributed by atoms with van der Waals surface area (Å²) in [5.41, 5.74) is -0.189. The second-order valence-electron chi connectivity index (χ2n) is 4.03. The molecule has 0 rings (SSSR count). The fourth-order valence-electron chi connectivity index (χ4n) is 0.540. The Balaban J connectivity index is 4.13. The minimum absolute atomic E-state index is 0.189. The predicted molar refractivity (Wildman–Crippen MR) is 48.9 cm³/mol. The van der Waals surface area contributed by atoms with E-state index in [9.17, 15) is 13.2 Å². The Morgan fingerprint density at radius 2 is 1.85 bits per heavy atom. The zero-order valence-corrected chi connectivity index (χ0v) is 8.81. The molecule has 0 saturated heterocycles. The summed E-state index contributed by atoms with van der Waals surface area (Å²) in [7, 11) is -3.66. The second-order valence-corrected chi connectivity index (χ2v) is 5.84. The van der Waals surface area contributed by atoms with E-state index >= 15 is 0 Å². The fourth-order valence-corrected chi connectivity index (χ4v) is 1.62. The highest BCUT2D eigenvalue weighted by molar-refractivity contribution is 7.90. The lowest BCUT2D eigenvalue weighted by atomic mass is 9.98. The molecule has 0 aromatic carbocycles. The molecule has 0 atom stereocenters. The Bertz CT molecular complexity index is 275. The number of rotatable bonds is 4. The van der Waals surface area contributed by atoms with Gasteiger partial charge in [0.1, 0.15) is 0 Å². The van der Waals surface area contributed by atoms with Crippen molar-refractivity contribution in [2.75, 3.05) is 12.3 Å². The van der Waals surface area contributed by atoms with Crippen LogP contribution in [0.2, 0.25) is 0 Å². The first-order valence-electron chi connectivity index (χ1n) is 3.81. The van der Waals surface area contributed by atoms with Crippen LogP contribution in [0.25, 0.3) is 0 Å². The third-order valence-electron chi connectivity index (χ3n) is 1.14. The van der Waals surface area contributed by atoms with Gasteiger partial charge in [0.2, 0.25) is 10.0 Å². The molecule has 2 N–H and O–H groups in total. The van der Waals surface area contributed by atoms with Crippen molar-refractivity contribution in [3.05, 3.63) is 0 Å². The zero-order chi connectivity index (χ0) is 10.7. The first-order valence-corrected chi connectivity index (χ1v) is 5.47. The van der Waals surface area contributed by atoms with E-state index < -0.39 is 21.7 Å². The van der Waals surface area contributed by atoms with Crippen LogP contribution in [-0.2, 0) is 14.8 Å². The van der Waals surface area contributed by atoms with Crippen LogP contribution in [0.3, 0.4) is 0 Å². The molecule has 0 aliphatic heterocycles. The molecular formula is C7H15NO4S. The van der Waals surface area contributed by atoms with E-state index in [2.05, 4.69) is 4.72 Å². The highest BCUT2D eigenvalue weighted by Gasteiger charge is 2.18. The van der Waals surface area contributed by atoms with Crippen molar-refractivity contribution in [2.24, 2.45) is 5.41 Å². The zero-order valence-electron chi connectivity index (χ0n) is 7.99. The molecule has 0 aliphatic rings. The van der Waals surface area contributed by atoms with E-state index in [1.165, 1.54) is 0 Å². The molecule has 0 aromatic rings. The number of aliphatic carboxylic acids is 1. The fraction of sp³-hybridized carbons (Fsp3) is 0.857. The van der Waals surface area contributed by atoms with Crippen LogP contribution in [0.15, 0.2) is 0 Å². The summed E-state index contributed by atoms with van der Waals surface area (Å²) in [6, 6.07) is 0. The summed E-state index contributed by atoms with van der Waals surface area (Å²) in [4.78, 5) is 10.1. The molecule has 0 heterocycles. The van der Waals surface area contributed by atoms with E-state index in [0.717, 1.165) is 0 Å². The molecule has 0 fully saturated rings. The van der Waals surface area contributed by atoms with Crippen LogP contribution in [0.4, 0.5) is 0 Å². The summed E-state index contributed by atoms with van der Waals surface area (Å²) in [6.45, 7) is 5.81. The number of sulfonamides is 1. The van der Waals surface area contributed by atoms with Crippen LogP contribution < -0.4 is 4.72 Å². The SMILES string of the molecule is CC(C)(C)CNS(=O)(=O)CC(=O)O. The molecule has 0 aromatic heterocycles. The van der Waals surface area contributed by atoms with E-state index in [1.54, 1.807) is 0 Å². The monoisotopic (exact) mass is 209 g/mol. The number of hydrogen-bond acceptors (Lipinski definition) is 3. The molecular weight excluding hydrogens is 194 g/mol. The lowest BCUT2D eigenvalue weighted by Gasteiger charge is -2.18. The van der Waals surface area contributed by atoms with Crippen LogP contribution in [0.1, 0.15) is 20.8 Å². The van der Waals surface area contributed by atoms with Crippen LogP contribution >= 0.6 is 0 Å². The second kappa shape index (κ2) is 4.06. The van der Waals surface area contributed by atoms with E-state index in [4.69, 9.17) is 5.11 Å².